The Morgan fingerprint density at radius 2 is 2.06 bits per heavy atom. The van der Waals surface area contributed by atoms with Crippen molar-refractivity contribution in [3.63, 3.8) is 0 Å². The Morgan fingerprint density at radius 3 is 2.50 bits per heavy atom. The largest absolute Gasteiger partial charge is 0.481 e. The van der Waals surface area contributed by atoms with E-state index in [0.717, 1.165) is 6.42 Å². The maximum absolute atomic E-state index is 11.3. The standard InChI is InChI=1S/C11H24N2O4S/c1-4-13(18(3,16)17)9-5-8-12-10(2)6-7-11(14)15/h10,12H,4-9H2,1-3H3,(H,14,15). The van der Waals surface area contributed by atoms with Crippen LogP contribution in [0.2, 0.25) is 0 Å². The molecule has 7 heteroatoms. The van der Waals surface area contributed by atoms with E-state index in [2.05, 4.69) is 5.32 Å². The van der Waals surface area contributed by atoms with E-state index in [1.54, 1.807) is 0 Å². The van der Waals surface area contributed by atoms with Gasteiger partial charge in [-0.15, -0.1) is 0 Å². The van der Waals surface area contributed by atoms with Crippen LogP contribution in [-0.2, 0) is 14.8 Å². The Hall–Kier alpha value is -0.660. The third-order valence-corrected chi connectivity index (χ3v) is 4.07. The summed E-state index contributed by atoms with van der Waals surface area (Å²) in [5.41, 5.74) is 0. The summed E-state index contributed by atoms with van der Waals surface area (Å²) in [6.07, 6.45) is 2.66. The second kappa shape index (κ2) is 8.44. The summed E-state index contributed by atoms with van der Waals surface area (Å²) in [5.74, 6) is -0.794. The highest BCUT2D eigenvalue weighted by Gasteiger charge is 2.13. The van der Waals surface area contributed by atoms with Crippen LogP contribution in [0.5, 0.6) is 0 Å². The summed E-state index contributed by atoms with van der Waals surface area (Å²) < 4.78 is 24.0. The summed E-state index contributed by atoms with van der Waals surface area (Å²) in [7, 11) is -3.11. The van der Waals surface area contributed by atoms with Crippen LogP contribution in [0, 0.1) is 0 Å². The van der Waals surface area contributed by atoms with Crippen molar-refractivity contribution < 1.29 is 18.3 Å². The summed E-state index contributed by atoms with van der Waals surface area (Å²) in [6, 6.07) is 0.134. The van der Waals surface area contributed by atoms with E-state index >= 15 is 0 Å². The van der Waals surface area contributed by atoms with Gasteiger partial charge < -0.3 is 10.4 Å². The van der Waals surface area contributed by atoms with Gasteiger partial charge in [-0.2, -0.15) is 0 Å². The number of nitrogens with zero attached hydrogens (tertiary/aromatic N) is 1. The highest BCUT2D eigenvalue weighted by atomic mass is 32.2. The quantitative estimate of drug-likeness (QED) is 0.569. The van der Waals surface area contributed by atoms with Gasteiger partial charge in [0.25, 0.3) is 0 Å². The molecule has 0 rings (SSSR count). The number of nitrogens with one attached hydrogen (secondary N) is 1. The zero-order valence-corrected chi connectivity index (χ0v) is 12.2. The van der Waals surface area contributed by atoms with Gasteiger partial charge >= 0.3 is 5.97 Å². The monoisotopic (exact) mass is 280 g/mol. The molecule has 0 amide bonds. The first-order chi connectivity index (χ1) is 8.27. The van der Waals surface area contributed by atoms with Crippen LogP contribution >= 0.6 is 0 Å². The van der Waals surface area contributed by atoms with E-state index in [1.807, 2.05) is 13.8 Å². The fourth-order valence-electron chi connectivity index (χ4n) is 1.60. The predicted molar refractivity (Wildman–Crippen MR) is 71.0 cm³/mol. The molecule has 0 spiro atoms. The zero-order chi connectivity index (χ0) is 14.2. The lowest BCUT2D eigenvalue weighted by Crippen LogP contribution is -2.34. The molecule has 108 valence electrons. The molecule has 2 N–H and O–H groups in total. The van der Waals surface area contributed by atoms with E-state index < -0.39 is 16.0 Å². The van der Waals surface area contributed by atoms with Gasteiger partial charge in [-0.05, 0) is 26.3 Å². The number of hydrogen-bond donors (Lipinski definition) is 2. The van der Waals surface area contributed by atoms with Crippen molar-refractivity contribution in [2.24, 2.45) is 0 Å². The summed E-state index contributed by atoms with van der Waals surface area (Å²) in [6.45, 7) is 5.40. The van der Waals surface area contributed by atoms with Gasteiger partial charge in [0, 0.05) is 25.6 Å². The molecule has 0 heterocycles. The number of carboxylic acids is 1. The van der Waals surface area contributed by atoms with Crippen molar-refractivity contribution in [2.75, 3.05) is 25.9 Å². The first kappa shape index (κ1) is 17.3. The normalized spacial score (nSPS) is 13.8. The molecule has 6 nitrogen and oxygen atoms in total. The minimum atomic E-state index is -3.11. The molecule has 0 fully saturated rings. The topological polar surface area (TPSA) is 86.7 Å². The first-order valence-electron chi connectivity index (χ1n) is 6.17. The lowest BCUT2D eigenvalue weighted by Gasteiger charge is -2.18. The van der Waals surface area contributed by atoms with E-state index in [4.69, 9.17) is 5.11 Å². The molecule has 0 aliphatic carbocycles. The SMILES string of the molecule is CCN(CCCNC(C)CCC(=O)O)S(C)(=O)=O. The molecule has 0 saturated carbocycles. The van der Waals surface area contributed by atoms with Crippen LogP contribution in [0.15, 0.2) is 0 Å². The van der Waals surface area contributed by atoms with Gasteiger partial charge in [0.15, 0.2) is 0 Å². The fraction of sp³-hybridized carbons (Fsp3) is 0.909. The second-order valence-electron chi connectivity index (χ2n) is 4.40. The number of sulfonamides is 1. The van der Waals surface area contributed by atoms with Crippen LogP contribution < -0.4 is 5.32 Å². The number of rotatable bonds is 10. The van der Waals surface area contributed by atoms with Gasteiger partial charge in [-0.25, -0.2) is 12.7 Å². The molecule has 0 radical (unpaired) electrons. The van der Waals surface area contributed by atoms with Gasteiger partial charge in [0.05, 0.1) is 6.26 Å². The number of carboxylic acid groups (broad SMARTS) is 1. The van der Waals surface area contributed by atoms with Crippen LogP contribution in [-0.4, -0.2) is 55.7 Å². The number of hydrogen-bond acceptors (Lipinski definition) is 4. The van der Waals surface area contributed by atoms with E-state index in [-0.39, 0.29) is 12.5 Å². The molecule has 0 aromatic rings. The molecular formula is C11H24N2O4S. The number of carbonyl (C=O) groups is 1. The maximum atomic E-state index is 11.3. The smallest absolute Gasteiger partial charge is 0.303 e. The summed E-state index contributed by atoms with van der Waals surface area (Å²) >= 11 is 0. The van der Waals surface area contributed by atoms with Gasteiger partial charge in [0.2, 0.25) is 10.0 Å². The average Bonchev–Trinajstić information content (AvgIpc) is 2.24. The third-order valence-electron chi connectivity index (χ3n) is 2.69. The molecule has 0 bridgehead atoms. The molecule has 0 aliphatic heterocycles. The Balaban J connectivity index is 3.75. The molecule has 1 unspecified atom stereocenters. The number of aliphatic carboxylic acids is 1. The molecule has 18 heavy (non-hydrogen) atoms. The van der Waals surface area contributed by atoms with Gasteiger partial charge in [-0.3, -0.25) is 4.79 Å². The highest BCUT2D eigenvalue weighted by molar-refractivity contribution is 7.88. The van der Waals surface area contributed by atoms with Crippen molar-refractivity contribution in [2.45, 2.75) is 39.2 Å². The lowest BCUT2D eigenvalue weighted by atomic mass is 10.2. The van der Waals surface area contributed by atoms with Crippen LogP contribution in [0.4, 0.5) is 0 Å². The first-order valence-corrected chi connectivity index (χ1v) is 8.02. The van der Waals surface area contributed by atoms with E-state index in [9.17, 15) is 13.2 Å². The average molecular weight is 280 g/mol. The minimum absolute atomic E-state index is 0.134. The van der Waals surface area contributed by atoms with Crippen molar-refractivity contribution >= 4 is 16.0 Å². The Morgan fingerprint density at radius 1 is 1.44 bits per heavy atom. The molecule has 0 aliphatic rings. The zero-order valence-electron chi connectivity index (χ0n) is 11.3. The van der Waals surface area contributed by atoms with Gasteiger partial charge in [-0.1, -0.05) is 6.92 Å². The van der Waals surface area contributed by atoms with Crippen molar-refractivity contribution in [1.82, 2.24) is 9.62 Å². The molecule has 0 aromatic heterocycles. The third kappa shape index (κ3) is 8.43. The Labute approximate surface area is 109 Å². The molecule has 0 saturated heterocycles. The van der Waals surface area contributed by atoms with Crippen LogP contribution in [0.3, 0.4) is 0 Å². The highest BCUT2D eigenvalue weighted by Crippen LogP contribution is 2.00. The molecule has 0 aromatic carbocycles. The Bertz CT molecular complexity index is 343. The fourth-order valence-corrected chi connectivity index (χ4v) is 2.53. The van der Waals surface area contributed by atoms with Crippen LogP contribution in [0.1, 0.15) is 33.1 Å². The predicted octanol–water partition coefficient (Wildman–Crippen LogP) is 0.501. The molecular weight excluding hydrogens is 256 g/mol. The van der Waals surface area contributed by atoms with Crippen molar-refractivity contribution in [3.8, 4) is 0 Å². The van der Waals surface area contributed by atoms with Crippen molar-refractivity contribution in [1.29, 1.82) is 0 Å². The maximum Gasteiger partial charge on any atom is 0.303 e. The van der Waals surface area contributed by atoms with Gasteiger partial charge in [0.1, 0.15) is 0 Å². The molecule has 1 atom stereocenters. The van der Waals surface area contributed by atoms with E-state index in [0.29, 0.717) is 26.1 Å². The Kier molecular flexibility index (Phi) is 8.13. The lowest BCUT2D eigenvalue weighted by molar-refractivity contribution is -0.137. The summed E-state index contributed by atoms with van der Waals surface area (Å²) in [4.78, 5) is 10.4. The van der Waals surface area contributed by atoms with E-state index in [1.165, 1.54) is 10.6 Å². The minimum Gasteiger partial charge on any atom is -0.481 e. The second-order valence-corrected chi connectivity index (χ2v) is 6.38. The summed E-state index contributed by atoms with van der Waals surface area (Å²) in [5, 5.41) is 11.7. The van der Waals surface area contributed by atoms with Crippen molar-refractivity contribution in [3.05, 3.63) is 0 Å². The van der Waals surface area contributed by atoms with Crippen LogP contribution in [0.25, 0.3) is 0 Å².